The highest BCUT2D eigenvalue weighted by atomic mass is 16.5. The van der Waals surface area contributed by atoms with Crippen molar-refractivity contribution in [1.29, 1.82) is 0 Å². The third-order valence-electron chi connectivity index (χ3n) is 3.37. The normalized spacial score (nSPS) is 11.3. The van der Waals surface area contributed by atoms with Crippen LogP contribution in [-0.4, -0.2) is 38.4 Å². The van der Waals surface area contributed by atoms with Gasteiger partial charge in [-0.15, -0.1) is 5.10 Å². The molecule has 0 atom stereocenters. The number of tetrazole rings is 1. The first kappa shape index (κ1) is 15.4. The van der Waals surface area contributed by atoms with E-state index in [2.05, 4.69) is 15.5 Å². The van der Waals surface area contributed by atoms with Gasteiger partial charge in [-0.3, -0.25) is 0 Å². The van der Waals surface area contributed by atoms with Crippen LogP contribution in [0.5, 0.6) is 5.75 Å². The van der Waals surface area contributed by atoms with E-state index in [4.69, 9.17) is 4.74 Å². The number of carbonyl (C=O) groups is 1. The largest absolute Gasteiger partial charge is 0.497 e. The Morgan fingerprint density at radius 3 is 2.46 bits per heavy atom. The van der Waals surface area contributed by atoms with Gasteiger partial charge in [0.25, 0.3) is 0 Å². The average molecular weight is 322 g/mol. The van der Waals surface area contributed by atoms with Crippen molar-refractivity contribution in [2.45, 2.75) is 0 Å². The number of benzene rings is 2. The minimum absolute atomic E-state index is 0.0518. The first-order valence-electron chi connectivity index (χ1n) is 7.12. The Morgan fingerprint density at radius 2 is 1.83 bits per heavy atom. The number of rotatable bonds is 5. The van der Waals surface area contributed by atoms with Crippen LogP contribution >= 0.6 is 0 Å². The summed E-state index contributed by atoms with van der Waals surface area (Å²) in [6.07, 6.45) is 1.50. The van der Waals surface area contributed by atoms with Gasteiger partial charge in [-0.25, -0.2) is 4.79 Å². The molecule has 3 rings (SSSR count). The topological polar surface area (TPSA) is 90.1 Å². The number of nitrogens with zero attached hydrogens (tertiary/aromatic N) is 4. The lowest BCUT2D eigenvalue weighted by atomic mass is 10.1. The van der Waals surface area contributed by atoms with Crippen LogP contribution in [0, 0.1) is 0 Å². The number of aliphatic carboxylic acids is 1. The van der Waals surface area contributed by atoms with E-state index < -0.39 is 5.97 Å². The molecule has 0 fully saturated rings. The van der Waals surface area contributed by atoms with Crippen LogP contribution in [-0.2, 0) is 4.79 Å². The second-order valence-electron chi connectivity index (χ2n) is 4.89. The molecule has 0 amide bonds. The third kappa shape index (κ3) is 3.14. The molecule has 1 heterocycles. The number of hydrogen-bond donors (Lipinski definition) is 1. The summed E-state index contributed by atoms with van der Waals surface area (Å²) in [5.74, 6) is -0.0792. The van der Waals surface area contributed by atoms with E-state index in [9.17, 15) is 9.90 Å². The summed E-state index contributed by atoms with van der Waals surface area (Å²) in [5.41, 5.74) is 1.37. The molecule has 24 heavy (non-hydrogen) atoms. The number of aromatic nitrogens is 4. The van der Waals surface area contributed by atoms with E-state index in [1.54, 1.807) is 31.4 Å². The zero-order valence-electron chi connectivity index (χ0n) is 12.8. The second kappa shape index (κ2) is 6.74. The fourth-order valence-electron chi connectivity index (χ4n) is 2.19. The molecule has 1 aromatic heterocycles. The quantitative estimate of drug-likeness (QED) is 0.726. The van der Waals surface area contributed by atoms with E-state index in [1.807, 2.05) is 30.3 Å². The van der Waals surface area contributed by atoms with Crippen molar-refractivity contribution in [3.63, 3.8) is 0 Å². The van der Waals surface area contributed by atoms with Gasteiger partial charge >= 0.3 is 5.97 Å². The van der Waals surface area contributed by atoms with Gasteiger partial charge in [-0.2, -0.15) is 4.68 Å². The molecule has 0 saturated heterocycles. The summed E-state index contributed by atoms with van der Waals surface area (Å²) < 4.78 is 6.31. The van der Waals surface area contributed by atoms with Gasteiger partial charge in [-0.1, -0.05) is 42.5 Å². The predicted molar refractivity (Wildman–Crippen MR) is 88.0 cm³/mol. The zero-order chi connectivity index (χ0) is 16.9. The van der Waals surface area contributed by atoms with E-state index in [-0.39, 0.29) is 5.70 Å². The molecule has 0 aliphatic rings. The van der Waals surface area contributed by atoms with Crippen molar-refractivity contribution in [2.75, 3.05) is 7.11 Å². The van der Waals surface area contributed by atoms with Gasteiger partial charge in [0.2, 0.25) is 0 Å². The number of carboxylic acids is 1. The van der Waals surface area contributed by atoms with Crippen molar-refractivity contribution < 1.29 is 14.6 Å². The highest BCUT2D eigenvalue weighted by Gasteiger charge is 2.18. The van der Waals surface area contributed by atoms with Crippen molar-refractivity contribution >= 4 is 17.7 Å². The zero-order valence-corrected chi connectivity index (χ0v) is 12.8. The van der Waals surface area contributed by atoms with E-state index in [1.165, 1.54) is 10.8 Å². The first-order chi connectivity index (χ1) is 11.7. The third-order valence-corrected chi connectivity index (χ3v) is 3.37. The Balaban J connectivity index is 2.05. The number of ether oxygens (including phenoxy) is 1. The molecule has 0 aliphatic heterocycles. The first-order valence-corrected chi connectivity index (χ1v) is 7.12. The maximum absolute atomic E-state index is 11.7. The van der Waals surface area contributed by atoms with Gasteiger partial charge in [0.05, 0.1) is 7.11 Å². The molecule has 0 spiro atoms. The number of hydrogen-bond acceptors (Lipinski definition) is 5. The van der Waals surface area contributed by atoms with Crippen LogP contribution in [0.3, 0.4) is 0 Å². The molecular formula is C17H14N4O3. The number of methoxy groups -OCH3 is 1. The lowest BCUT2D eigenvalue weighted by Gasteiger charge is -2.06. The van der Waals surface area contributed by atoms with E-state index in [0.29, 0.717) is 17.1 Å². The standard InChI is InChI=1S/C17H14N4O3/c1-24-14-9-7-12(8-10-14)11-15(17(22)23)21-16(18-19-20-21)13-5-3-2-4-6-13/h2-11H,1H3,(H,22,23)/b15-11+. The molecular weight excluding hydrogens is 308 g/mol. The van der Waals surface area contributed by atoms with Crippen molar-refractivity contribution in [2.24, 2.45) is 0 Å². The van der Waals surface area contributed by atoms with Crippen LogP contribution in [0.2, 0.25) is 0 Å². The molecule has 3 aromatic rings. The average Bonchev–Trinajstić information content (AvgIpc) is 3.10. The highest BCUT2D eigenvalue weighted by molar-refractivity contribution is 6.14. The van der Waals surface area contributed by atoms with Gasteiger partial charge in [-0.05, 0) is 34.2 Å². The van der Waals surface area contributed by atoms with Gasteiger partial charge in [0.15, 0.2) is 11.5 Å². The maximum atomic E-state index is 11.7. The SMILES string of the molecule is COc1ccc(/C=C(\C(=O)O)n2nnnc2-c2ccccc2)cc1. The van der Waals surface area contributed by atoms with Gasteiger partial charge in [0, 0.05) is 5.56 Å². The van der Waals surface area contributed by atoms with Gasteiger partial charge in [0.1, 0.15) is 5.75 Å². The molecule has 0 unspecified atom stereocenters. The Bertz CT molecular complexity index is 870. The fraction of sp³-hybridized carbons (Fsp3) is 0.0588. The molecule has 2 aromatic carbocycles. The van der Waals surface area contributed by atoms with Crippen LogP contribution in [0.25, 0.3) is 23.2 Å². The predicted octanol–water partition coefficient (Wildman–Crippen LogP) is 2.43. The summed E-state index contributed by atoms with van der Waals surface area (Å²) in [7, 11) is 1.57. The van der Waals surface area contributed by atoms with Crippen molar-refractivity contribution in [1.82, 2.24) is 20.2 Å². The van der Waals surface area contributed by atoms with Crippen LogP contribution in [0.15, 0.2) is 54.6 Å². The smallest absolute Gasteiger partial charge is 0.354 e. The molecule has 7 heteroatoms. The second-order valence-corrected chi connectivity index (χ2v) is 4.89. The lowest BCUT2D eigenvalue weighted by molar-refractivity contribution is -0.130. The lowest BCUT2D eigenvalue weighted by Crippen LogP contribution is -2.11. The van der Waals surface area contributed by atoms with E-state index >= 15 is 0 Å². The molecule has 0 bridgehead atoms. The van der Waals surface area contributed by atoms with E-state index in [0.717, 1.165) is 5.56 Å². The molecule has 0 saturated carbocycles. The minimum Gasteiger partial charge on any atom is -0.497 e. The summed E-state index contributed by atoms with van der Waals surface area (Å²) in [4.78, 5) is 11.7. The molecule has 7 nitrogen and oxygen atoms in total. The Kier molecular flexibility index (Phi) is 4.33. The van der Waals surface area contributed by atoms with Crippen LogP contribution < -0.4 is 4.74 Å². The summed E-state index contributed by atoms with van der Waals surface area (Å²) >= 11 is 0. The Labute approximate surface area is 137 Å². The molecule has 120 valence electrons. The Hall–Kier alpha value is -3.48. The molecule has 0 radical (unpaired) electrons. The van der Waals surface area contributed by atoms with Crippen LogP contribution in [0.4, 0.5) is 0 Å². The fourth-order valence-corrected chi connectivity index (χ4v) is 2.19. The maximum Gasteiger partial charge on any atom is 0.354 e. The van der Waals surface area contributed by atoms with Gasteiger partial charge < -0.3 is 9.84 Å². The number of carboxylic acid groups (broad SMARTS) is 1. The molecule has 0 aliphatic carbocycles. The monoisotopic (exact) mass is 322 g/mol. The Morgan fingerprint density at radius 1 is 1.12 bits per heavy atom. The van der Waals surface area contributed by atoms with Crippen LogP contribution in [0.1, 0.15) is 5.56 Å². The summed E-state index contributed by atoms with van der Waals surface area (Å²) in [5, 5.41) is 20.9. The van der Waals surface area contributed by atoms with Crippen molar-refractivity contribution in [3.8, 4) is 17.1 Å². The van der Waals surface area contributed by atoms with Crippen molar-refractivity contribution in [3.05, 3.63) is 60.2 Å². The minimum atomic E-state index is -1.13. The molecule has 1 N–H and O–H groups in total. The summed E-state index contributed by atoms with van der Waals surface area (Å²) in [6.45, 7) is 0. The highest BCUT2D eigenvalue weighted by Crippen LogP contribution is 2.21. The summed E-state index contributed by atoms with van der Waals surface area (Å²) in [6, 6.07) is 16.2.